The van der Waals surface area contributed by atoms with Crippen molar-refractivity contribution in [3.8, 4) is 0 Å². The highest BCUT2D eigenvalue weighted by Gasteiger charge is 2.50. The lowest BCUT2D eigenvalue weighted by Gasteiger charge is -2.26. The van der Waals surface area contributed by atoms with E-state index in [9.17, 15) is 22.4 Å². The number of alkyl carbamates (subject to hydrolysis) is 1. The lowest BCUT2D eigenvalue weighted by Crippen LogP contribution is -2.45. The second kappa shape index (κ2) is 10.7. The van der Waals surface area contributed by atoms with Crippen molar-refractivity contribution in [3.05, 3.63) is 64.4 Å². The summed E-state index contributed by atoms with van der Waals surface area (Å²) in [5, 5.41) is 2.41. The largest absolute Gasteiger partial charge is 0.444 e. The van der Waals surface area contributed by atoms with Crippen molar-refractivity contribution in [1.82, 2.24) is 5.32 Å². The van der Waals surface area contributed by atoms with Gasteiger partial charge in [0.05, 0.1) is 23.2 Å². The summed E-state index contributed by atoms with van der Waals surface area (Å²) in [6.07, 6.45) is -0.603. The van der Waals surface area contributed by atoms with E-state index in [1.54, 1.807) is 26.8 Å². The van der Waals surface area contributed by atoms with Crippen molar-refractivity contribution in [2.24, 2.45) is 4.99 Å². The van der Waals surface area contributed by atoms with E-state index in [4.69, 9.17) is 4.74 Å². The number of aliphatic imine (C=N–C) groups is 1. The number of halogens is 2. The van der Waals surface area contributed by atoms with E-state index in [-0.39, 0.29) is 28.8 Å². The average molecular weight is 613 g/mol. The van der Waals surface area contributed by atoms with Crippen LogP contribution in [0.4, 0.5) is 14.9 Å². The molecule has 2 aromatic carbocycles. The minimum Gasteiger partial charge on any atom is -0.444 e. The third-order valence-corrected chi connectivity index (χ3v) is 9.42. The maximum Gasteiger partial charge on any atom is 0.408 e. The summed E-state index contributed by atoms with van der Waals surface area (Å²) in [4.78, 5) is 31.8. The molecule has 0 aromatic heterocycles. The molecule has 0 radical (unpaired) electrons. The van der Waals surface area contributed by atoms with Gasteiger partial charge in [0.25, 0.3) is 5.91 Å². The second-order valence-corrected chi connectivity index (χ2v) is 14.2. The Balaban J connectivity index is 1.67. The first-order valence-corrected chi connectivity index (χ1v) is 15.1. The first-order valence-electron chi connectivity index (χ1n) is 11.6. The number of hydrogen-bond donors (Lipinski definition) is 1. The number of fused-ring (bicyclic) bond motifs is 1. The monoisotopic (exact) mass is 611 g/mol. The Kier molecular flexibility index (Phi) is 8.01. The molecular formula is C25H27BrFN3O5S2. The van der Waals surface area contributed by atoms with Gasteiger partial charge in [-0.05, 0) is 44.5 Å². The molecular weight excluding hydrogens is 585 g/mol. The Morgan fingerprint density at radius 1 is 1.22 bits per heavy atom. The van der Waals surface area contributed by atoms with Gasteiger partial charge in [-0.3, -0.25) is 4.79 Å². The van der Waals surface area contributed by atoms with Gasteiger partial charge in [-0.25, -0.2) is 17.6 Å². The normalized spacial score (nSPS) is 22.5. The summed E-state index contributed by atoms with van der Waals surface area (Å²) in [5.41, 5.74) is 0.165. The molecule has 2 fully saturated rings. The van der Waals surface area contributed by atoms with E-state index < -0.39 is 50.6 Å². The SMILES string of the molecule is CC(C)(C)OC(=O)N[C@@H](Cc1ccccc1)C(=O)N=C1S[C@H]2CS(=O)(=O)C[C@H]2N1c1ccc(Br)cc1F. The zero-order chi connectivity index (χ0) is 27.0. The summed E-state index contributed by atoms with van der Waals surface area (Å²) in [6.45, 7) is 5.15. The van der Waals surface area contributed by atoms with Crippen molar-refractivity contribution >= 4 is 60.4 Å². The van der Waals surface area contributed by atoms with E-state index in [0.29, 0.717) is 4.47 Å². The molecule has 2 aromatic rings. The molecule has 12 heteroatoms. The van der Waals surface area contributed by atoms with Gasteiger partial charge < -0.3 is 15.0 Å². The number of hydrogen-bond acceptors (Lipinski definition) is 6. The van der Waals surface area contributed by atoms with Crippen LogP contribution < -0.4 is 10.2 Å². The fraction of sp³-hybridized carbons (Fsp3) is 0.400. The molecule has 2 heterocycles. The van der Waals surface area contributed by atoms with Crippen molar-refractivity contribution in [1.29, 1.82) is 0 Å². The van der Waals surface area contributed by atoms with Gasteiger partial charge in [0.1, 0.15) is 17.5 Å². The van der Waals surface area contributed by atoms with E-state index in [0.717, 1.165) is 17.3 Å². The van der Waals surface area contributed by atoms with Crippen LogP contribution in [0.5, 0.6) is 0 Å². The Morgan fingerprint density at radius 2 is 1.92 bits per heavy atom. The van der Waals surface area contributed by atoms with E-state index in [2.05, 4.69) is 26.2 Å². The van der Waals surface area contributed by atoms with Crippen molar-refractivity contribution in [2.75, 3.05) is 16.4 Å². The highest BCUT2D eigenvalue weighted by Crippen LogP contribution is 2.42. The summed E-state index contributed by atoms with van der Waals surface area (Å²) >= 11 is 4.37. The number of ether oxygens (including phenoxy) is 1. The average Bonchev–Trinajstić information content (AvgIpc) is 3.24. The molecule has 0 bridgehead atoms. The lowest BCUT2D eigenvalue weighted by molar-refractivity contribution is -0.119. The molecule has 2 aliphatic heterocycles. The van der Waals surface area contributed by atoms with Crippen LogP contribution in [-0.4, -0.2) is 60.0 Å². The number of amides is 2. The first-order chi connectivity index (χ1) is 17.3. The van der Waals surface area contributed by atoms with Crippen LogP contribution in [0.1, 0.15) is 26.3 Å². The molecule has 2 amide bonds. The van der Waals surface area contributed by atoms with Crippen molar-refractivity contribution in [3.63, 3.8) is 0 Å². The molecule has 0 saturated carbocycles. The Bertz CT molecular complexity index is 1330. The number of sulfone groups is 1. The van der Waals surface area contributed by atoms with E-state index in [1.807, 2.05) is 30.3 Å². The highest BCUT2D eigenvalue weighted by atomic mass is 79.9. The lowest BCUT2D eigenvalue weighted by atomic mass is 10.1. The molecule has 4 rings (SSSR count). The molecule has 1 N–H and O–H groups in total. The van der Waals surface area contributed by atoms with Gasteiger partial charge in [0.2, 0.25) is 0 Å². The van der Waals surface area contributed by atoms with Gasteiger partial charge in [-0.2, -0.15) is 4.99 Å². The van der Waals surface area contributed by atoms with Crippen LogP contribution in [0.2, 0.25) is 0 Å². The second-order valence-electron chi connectivity index (χ2n) is 9.89. The molecule has 0 spiro atoms. The molecule has 0 aliphatic carbocycles. The molecule has 2 aliphatic rings. The van der Waals surface area contributed by atoms with Gasteiger partial charge >= 0.3 is 6.09 Å². The molecule has 8 nitrogen and oxygen atoms in total. The topological polar surface area (TPSA) is 105 Å². The highest BCUT2D eigenvalue weighted by molar-refractivity contribution is 9.10. The number of nitrogens with zero attached hydrogens (tertiary/aromatic N) is 2. The Labute approximate surface area is 228 Å². The molecule has 2 saturated heterocycles. The van der Waals surface area contributed by atoms with Crippen LogP contribution in [0.15, 0.2) is 58.0 Å². The summed E-state index contributed by atoms with van der Waals surface area (Å²) < 4.78 is 45.5. The molecule has 3 atom stereocenters. The van der Waals surface area contributed by atoms with Crippen LogP contribution in [0.3, 0.4) is 0 Å². The molecule has 198 valence electrons. The third kappa shape index (κ3) is 6.91. The molecule has 37 heavy (non-hydrogen) atoms. The van der Waals surface area contributed by atoms with Crippen LogP contribution in [0.25, 0.3) is 0 Å². The Morgan fingerprint density at radius 3 is 2.57 bits per heavy atom. The fourth-order valence-electron chi connectivity index (χ4n) is 4.19. The fourth-order valence-corrected chi connectivity index (χ4v) is 8.44. The van der Waals surface area contributed by atoms with E-state index >= 15 is 0 Å². The number of carbonyl (C=O) groups excluding carboxylic acids is 2. The van der Waals surface area contributed by atoms with Crippen LogP contribution >= 0.6 is 27.7 Å². The van der Waals surface area contributed by atoms with Gasteiger partial charge in [0, 0.05) is 16.1 Å². The predicted octanol–water partition coefficient (Wildman–Crippen LogP) is 4.33. The third-order valence-electron chi connectivity index (χ3n) is 5.71. The zero-order valence-corrected chi connectivity index (χ0v) is 23.7. The van der Waals surface area contributed by atoms with Crippen LogP contribution in [0, 0.1) is 5.82 Å². The number of thioether (sulfide) groups is 1. The van der Waals surface area contributed by atoms with Gasteiger partial charge in [-0.1, -0.05) is 58.0 Å². The summed E-state index contributed by atoms with van der Waals surface area (Å²) in [6, 6.07) is 12.0. The predicted molar refractivity (Wildman–Crippen MR) is 146 cm³/mol. The minimum absolute atomic E-state index is 0.0895. The summed E-state index contributed by atoms with van der Waals surface area (Å²) in [5.74, 6) is -1.49. The first kappa shape index (κ1) is 27.6. The van der Waals surface area contributed by atoms with Gasteiger partial charge in [-0.15, -0.1) is 0 Å². The van der Waals surface area contributed by atoms with Gasteiger partial charge in [0.15, 0.2) is 15.0 Å². The zero-order valence-electron chi connectivity index (χ0n) is 20.5. The smallest absolute Gasteiger partial charge is 0.408 e. The summed E-state index contributed by atoms with van der Waals surface area (Å²) in [7, 11) is -3.32. The van der Waals surface area contributed by atoms with Crippen molar-refractivity contribution in [2.45, 2.75) is 50.1 Å². The number of nitrogens with one attached hydrogen (secondary N) is 1. The number of anilines is 1. The Hall–Kier alpha value is -2.44. The van der Waals surface area contributed by atoms with Crippen molar-refractivity contribution < 1.29 is 27.1 Å². The quantitative estimate of drug-likeness (QED) is 0.536. The number of rotatable bonds is 5. The molecule has 0 unspecified atom stereocenters. The maximum absolute atomic E-state index is 15.0. The number of amidine groups is 1. The van der Waals surface area contributed by atoms with Crippen LogP contribution in [-0.2, 0) is 25.8 Å². The number of benzene rings is 2. The van der Waals surface area contributed by atoms with E-state index in [1.165, 1.54) is 17.0 Å². The standard InChI is InChI=1S/C25H27BrFN3O5S2/c1-25(2,3)35-24(32)28-18(11-15-7-5-4-6-8-15)22(31)29-23-30(19-10-9-16(26)12-17(19)27)20-13-37(33,34)14-21(20)36-23/h4-10,12,18,20-21H,11,13-14H2,1-3H3,(H,28,32)/t18-,20+,21-/m0/s1. The minimum atomic E-state index is -3.32. The maximum atomic E-state index is 15.0. The number of carbonyl (C=O) groups is 2.